The molecule has 1 atom stereocenters. The largest absolute Gasteiger partial charge is 0.480 e. The van der Waals surface area contributed by atoms with Crippen molar-refractivity contribution in [3.8, 4) is 0 Å². The second kappa shape index (κ2) is 7.81. The minimum atomic E-state index is -0.761. The van der Waals surface area contributed by atoms with Gasteiger partial charge in [-0.25, -0.2) is 0 Å². The molecule has 25 heavy (non-hydrogen) atoms. The summed E-state index contributed by atoms with van der Waals surface area (Å²) in [5.41, 5.74) is 4.40. The molecule has 132 valence electrons. The van der Waals surface area contributed by atoms with Gasteiger partial charge in [-0.05, 0) is 37.1 Å². The van der Waals surface area contributed by atoms with Crippen LogP contribution in [-0.4, -0.2) is 54.1 Å². The molecule has 0 aromatic heterocycles. The molecule has 1 fully saturated rings. The molecule has 4 heteroatoms. The monoisotopic (exact) mass is 338 g/mol. The summed E-state index contributed by atoms with van der Waals surface area (Å²) >= 11 is 0. The summed E-state index contributed by atoms with van der Waals surface area (Å²) in [6, 6.07) is 15.8. The van der Waals surface area contributed by atoms with Crippen molar-refractivity contribution in [2.24, 2.45) is 0 Å². The topological polar surface area (TPSA) is 43.8 Å². The highest BCUT2D eigenvalue weighted by atomic mass is 16.4. The molecule has 4 nitrogen and oxygen atoms in total. The number of carboxylic acids is 1. The summed E-state index contributed by atoms with van der Waals surface area (Å²) in [6.45, 7) is 5.44. The zero-order valence-electron chi connectivity index (χ0n) is 15.0. The lowest BCUT2D eigenvalue weighted by Gasteiger charge is -2.36. The Balaban J connectivity index is 1.94. The van der Waals surface area contributed by atoms with E-state index in [4.69, 9.17) is 0 Å². The van der Waals surface area contributed by atoms with E-state index in [9.17, 15) is 9.90 Å². The van der Waals surface area contributed by atoms with Crippen molar-refractivity contribution in [2.75, 3.05) is 33.2 Å². The number of benzene rings is 2. The van der Waals surface area contributed by atoms with Crippen LogP contribution in [0.1, 0.15) is 28.3 Å². The maximum absolute atomic E-state index is 12.1. The first-order chi connectivity index (χ1) is 12.0. The third kappa shape index (κ3) is 4.27. The molecule has 1 N–H and O–H groups in total. The number of likely N-dealkylation sites (N-methyl/N-ethyl adjacent to an activating group) is 1. The van der Waals surface area contributed by atoms with E-state index in [2.05, 4.69) is 42.0 Å². The maximum Gasteiger partial charge on any atom is 0.325 e. The lowest BCUT2D eigenvalue weighted by molar-refractivity contribution is -0.144. The van der Waals surface area contributed by atoms with Crippen LogP contribution in [-0.2, 0) is 11.2 Å². The number of hydrogen-bond acceptors (Lipinski definition) is 3. The van der Waals surface area contributed by atoms with E-state index in [-0.39, 0.29) is 0 Å². The average Bonchev–Trinajstić information content (AvgIpc) is 2.59. The van der Waals surface area contributed by atoms with Crippen molar-refractivity contribution in [1.82, 2.24) is 9.80 Å². The summed E-state index contributed by atoms with van der Waals surface area (Å²) < 4.78 is 0. The SMILES string of the molecule is Cc1ccc(C(C(=O)O)N2CCN(C)CC2)c(Cc2ccccc2)c1. The van der Waals surface area contributed by atoms with Gasteiger partial charge in [-0.15, -0.1) is 0 Å². The van der Waals surface area contributed by atoms with Crippen LogP contribution in [0.2, 0.25) is 0 Å². The molecule has 0 radical (unpaired) electrons. The normalized spacial score (nSPS) is 17.4. The third-order valence-corrected chi connectivity index (χ3v) is 4.97. The Morgan fingerprint density at radius 2 is 1.76 bits per heavy atom. The predicted molar refractivity (Wildman–Crippen MR) is 99.9 cm³/mol. The van der Waals surface area contributed by atoms with Crippen LogP contribution < -0.4 is 0 Å². The molecule has 1 saturated heterocycles. The van der Waals surface area contributed by atoms with E-state index in [1.54, 1.807) is 0 Å². The van der Waals surface area contributed by atoms with Gasteiger partial charge in [0.05, 0.1) is 0 Å². The molecule has 1 aliphatic heterocycles. The number of nitrogens with zero attached hydrogens (tertiary/aromatic N) is 2. The van der Waals surface area contributed by atoms with Crippen LogP contribution in [0.15, 0.2) is 48.5 Å². The number of rotatable bonds is 5. The number of hydrogen-bond donors (Lipinski definition) is 1. The van der Waals surface area contributed by atoms with Gasteiger partial charge in [-0.1, -0.05) is 54.1 Å². The standard InChI is InChI=1S/C21H26N2O2/c1-16-8-9-19(18(14-16)15-17-6-4-3-5-7-17)20(21(24)25)23-12-10-22(2)11-13-23/h3-9,14,20H,10-13,15H2,1-2H3,(H,24,25). The first-order valence-electron chi connectivity index (χ1n) is 8.83. The van der Waals surface area contributed by atoms with Gasteiger partial charge in [0.25, 0.3) is 0 Å². The number of aliphatic carboxylic acids is 1. The summed E-state index contributed by atoms with van der Waals surface area (Å²) in [4.78, 5) is 16.5. The van der Waals surface area contributed by atoms with Crippen LogP contribution in [0.25, 0.3) is 0 Å². The zero-order chi connectivity index (χ0) is 17.8. The third-order valence-electron chi connectivity index (χ3n) is 4.97. The molecule has 2 aromatic carbocycles. The molecule has 0 saturated carbocycles. The van der Waals surface area contributed by atoms with Gasteiger partial charge in [0.15, 0.2) is 0 Å². The van der Waals surface area contributed by atoms with Gasteiger partial charge in [0, 0.05) is 26.2 Å². The highest BCUT2D eigenvalue weighted by Gasteiger charge is 2.31. The Bertz CT molecular complexity index is 722. The van der Waals surface area contributed by atoms with Crippen LogP contribution in [0.5, 0.6) is 0 Å². The molecule has 0 bridgehead atoms. The van der Waals surface area contributed by atoms with Gasteiger partial charge < -0.3 is 10.0 Å². The van der Waals surface area contributed by atoms with Crippen molar-refractivity contribution in [2.45, 2.75) is 19.4 Å². The van der Waals surface area contributed by atoms with Crippen molar-refractivity contribution in [3.05, 3.63) is 70.8 Å². The van der Waals surface area contributed by atoms with Crippen LogP contribution in [0.3, 0.4) is 0 Å². The Hall–Kier alpha value is -2.17. The Labute approximate surface area is 149 Å². The smallest absolute Gasteiger partial charge is 0.325 e. The number of piperazine rings is 1. The van der Waals surface area contributed by atoms with Gasteiger partial charge in [-0.2, -0.15) is 0 Å². The first-order valence-corrected chi connectivity index (χ1v) is 8.83. The quantitative estimate of drug-likeness (QED) is 0.910. The van der Waals surface area contributed by atoms with Gasteiger partial charge in [0.2, 0.25) is 0 Å². The molecule has 3 rings (SSSR count). The minimum absolute atomic E-state index is 0.576. The van der Waals surface area contributed by atoms with Crippen LogP contribution >= 0.6 is 0 Å². The molecular weight excluding hydrogens is 312 g/mol. The van der Waals surface area contributed by atoms with E-state index in [0.717, 1.165) is 49.3 Å². The zero-order valence-corrected chi connectivity index (χ0v) is 15.0. The van der Waals surface area contributed by atoms with Gasteiger partial charge >= 0.3 is 5.97 Å². The molecule has 0 amide bonds. The fraction of sp³-hybridized carbons (Fsp3) is 0.381. The van der Waals surface area contributed by atoms with Crippen molar-refractivity contribution < 1.29 is 9.90 Å². The lowest BCUT2D eigenvalue weighted by Crippen LogP contribution is -2.48. The fourth-order valence-corrected chi connectivity index (χ4v) is 3.54. The molecule has 1 heterocycles. The van der Waals surface area contributed by atoms with E-state index in [0.29, 0.717) is 0 Å². The van der Waals surface area contributed by atoms with E-state index < -0.39 is 12.0 Å². The Morgan fingerprint density at radius 1 is 1.08 bits per heavy atom. The highest BCUT2D eigenvalue weighted by Crippen LogP contribution is 2.28. The number of carboxylic acid groups (broad SMARTS) is 1. The molecule has 1 unspecified atom stereocenters. The van der Waals surface area contributed by atoms with Gasteiger partial charge in [0.1, 0.15) is 6.04 Å². The number of carbonyl (C=O) groups is 1. The maximum atomic E-state index is 12.1. The second-order valence-electron chi connectivity index (χ2n) is 6.94. The Morgan fingerprint density at radius 3 is 2.40 bits per heavy atom. The lowest BCUT2D eigenvalue weighted by atomic mass is 9.92. The van der Waals surface area contributed by atoms with E-state index in [1.165, 1.54) is 5.56 Å². The molecule has 1 aliphatic rings. The van der Waals surface area contributed by atoms with E-state index >= 15 is 0 Å². The molecule has 2 aromatic rings. The fourth-order valence-electron chi connectivity index (χ4n) is 3.54. The summed E-state index contributed by atoms with van der Waals surface area (Å²) in [5, 5.41) is 9.95. The molecule has 0 aliphatic carbocycles. The second-order valence-corrected chi connectivity index (χ2v) is 6.94. The minimum Gasteiger partial charge on any atom is -0.480 e. The number of aryl methyl sites for hydroxylation is 1. The Kier molecular flexibility index (Phi) is 5.51. The molecule has 0 spiro atoms. The van der Waals surface area contributed by atoms with Crippen molar-refractivity contribution in [1.29, 1.82) is 0 Å². The average molecular weight is 338 g/mol. The first kappa shape index (κ1) is 17.6. The molecular formula is C21H26N2O2. The van der Waals surface area contributed by atoms with Crippen molar-refractivity contribution in [3.63, 3.8) is 0 Å². The summed E-state index contributed by atoms with van der Waals surface area (Å²) in [5.74, 6) is -0.761. The van der Waals surface area contributed by atoms with E-state index in [1.807, 2.05) is 30.3 Å². The predicted octanol–water partition coefficient (Wildman–Crippen LogP) is 2.96. The summed E-state index contributed by atoms with van der Waals surface area (Å²) in [7, 11) is 2.08. The van der Waals surface area contributed by atoms with Crippen LogP contribution in [0.4, 0.5) is 0 Å². The van der Waals surface area contributed by atoms with Crippen molar-refractivity contribution >= 4 is 5.97 Å². The van der Waals surface area contributed by atoms with Gasteiger partial charge in [-0.3, -0.25) is 9.69 Å². The van der Waals surface area contributed by atoms with Crippen LogP contribution in [0, 0.1) is 6.92 Å². The highest BCUT2D eigenvalue weighted by molar-refractivity contribution is 5.76. The summed E-state index contributed by atoms with van der Waals surface area (Å²) in [6.07, 6.45) is 0.759.